The van der Waals surface area contributed by atoms with Crippen LogP contribution in [-0.2, 0) is 9.59 Å². The highest BCUT2D eigenvalue weighted by Crippen LogP contribution is 2.21. The second-order valence-corrected chi connectivity index (χ2v) is 7.26. The van der Waals surface area contributed by atoms with E-state index in [2.05, 4.69) is 25.5 Å². The molecule has 150 valence electrons. The normalized spacial score (nSPS) is 19.4. The first-order valence-corrected chi connectivity index (χ1v) is 9.82. The number of nitrogens with one attached hydrogen (secondary N) is 2. The lowest BCUT2D eigenvalue weighted by atomic mass is 10.1. The number of aromatic nitrogens is 1. The Kier molecular flexibility index (Phi) is 5.62. The zero-order chi connectivity index (χ0) is 20.2. The van der Waals surface area contributed by atoms with Gasteiger partial charge in [-0.3, -0.25) is 14.9 Å². The molecule has 0 radical (unpaired) electrons. The molecule has 29 heavy (non-hydrogen) atoms. The monoisotopic (exact) mass is 412 g/mol. The van der Waals surface area contributed by atoms with Crippen LogP contribution in [0.1, 0.15) is 6.42 Å². The van der Waals surface area contributed by atoms with E-state index >= 15 is 0 Å². The first-order valence-electron chi connectivity index (χ1n) is 9.44. The first-order chi connectivity index (χ1) is 14.1. The fraction of sp³-hybridized carbons (Fsp3) is 0.300. The molecule has 0 bridgehead atoms. The molecule has 1 aromatic carbocycles. The number of rotatable bonds is 3. The summed E-state index contributed by atoms with van der Waals surface area (Å²) >= 11 is 6.10. The van der Waals surface area contributed by atoms with Gasteiger partial charge in [0.25, 0.3) is 0 Å². The fourth-order valence-corrected chi connectivity index (χ4v) is 3.54. The molecule has 1 atom stereocenters. The lowest BCUT2D eigenvalue weighted by Gasteiger charge is -2.38. The molecule has 2 amide bonds. The third-order valence-corrected chi connectivity index (χ3v) is 5.22. The SMILES string of the molecule is O=C1CC(C(=O)Nc2ccccc2Cl)N=C(N2CCN(c3ccccn3)CC2)N1. The van der Waals surface area contributed by atoms with Crippen molar-refractivity contribution in [1.82, 2.24) is 15.2 Å². The van der Waals surface area contributed by atoms with E-state index in [1.807, 2.05) is 23.1 Å². The molecule has 2 N–H and O–H groups in total. The van der Waals surface area contributed by atoms with Gasteiger partial charge in [0.1, 0.15) is 11.9 Å². The number of amides is 2. The molecule has 1 unspecified atom stereocenters. The number of piperazine rings is 1. The minimum Gasteiger partial charge on any atom is -0.353 e. The Labute approximate surface area is 173 Å². The van der Waals surface area contributed by atoms with Gasteiger partial charge < -0.3 is 15.1 Å². The molecule has 2 aliphatic rings. The van der Waals surface area contributed by atoms with Crippen molar-refractivity contribution in [3.05, 3.63) is 53.7 Å². The zero-order valence-corrected chi connectivity index (χ0v) is 16.5. The smallest absolute Gasteiger partial charge is 0.249 e. The molecule has 9 heteroatoms. The minimum atomic E-state index is -0.788. The van der Waals surface area contributed by atoms with E-state index in [-0.39, 0.29) is 18.2 Å². The van der Waals surface area contributed by atoms with Crippen molar-refractivity contribution in [2.24, 2.45) is 4.99 Å². The van der Waals surface area contributed by atoms with E-state index in [1.165, 1.54) is 0 Å². The van der Waals surface area contributed by atoms with Crippen molar-refractivity contribution in [2.75, 3.05) is 36.4 Å². The largest absolute Gasteiger partial charge is 0.353 e. The van der Waals surface area contributed by atoms with Crippen LogP contribution in [0.5, 0.6) is 0 Å². The molecule has 2 aliphatic heterocycles. The van der Waals surface area contributed by atoms with Crippen molar-refractivity contribution in [3.63, 3.8) is 0 Å². The Hall–Kier alpha value is -3.13. The summed E-state index contributed by atoms with van der Waals surface area (Å²) in [5, 5.41) is 6.00. The van der Waals surface area contributed by atoms with Gasteiger partial charge in [0.05, 0.1) is 17.1 Å². The maximum Gasteiger partial charge on any atom is 0.249 e. The molecular weight excluding hydrogens is 392 g/mol. The van der Waals surface area contributed by atoms with Crippen molar-refractivity contribution in [2.45, 2.75) is 12.5 Å². The predicted octanol–water partition coefficient (Wildman–Crippen LogP) is 1.74. The van der Waals surface area contributed by atoms with Gasteiger partial charge in [-0.2, -0.15) is 0 Å². The molecule has 8 nitrogen and oxygen atoms in total. The second kappa shape index (κ2) is 8.48. The highest BCUT2D eigenvalue weighted by Gasteiger charge is 2.31. The average Bonchev–Trinajstić information content (AvgIpc) is 2.75. The highest BCUT2D eigenvalue weighted by molar-refractivity contribution is 6.33. The number of nitrogens with zero attached hydrogens (tertiary/aromatic N) is 4. The molecule has 1 saturated heterocycles. The quantitative estimate of drug-likeness (QED) is 0.801. The third kappa shape index (κ3) is 4.48. The van der Waals surface area contributed by atoms with Gasteiger partial charge in [0.15, 0.2) is 0 Å². The number of carbonyl (C=O) groups is 2. The maximum atomic E-state index is 12.6. The minimum absolute atomic E-state index is 0.00763. The van der Waals surface area contributed by atoms with Crippen LogP contribution in [0.4, 0.5) is 11.5 Å². The molecule has 2 aromatic rings. The van der Waals surface area contributed by atoms with Crippen LogP contribution in [0.25, 0.3) is 0 Å². The molecule has 0 spiro atoms. The molecule has 1 fully saturated rings. The number of guanidine groups is 1. The van der Waals surface area contributed by atoms with E-state index in [9.17, 15) is 9.59 Å². The number of hydrogen-bond donors (Lipinski definition) is 2. The summed E-state index contributed by atoms with van der Waals surface area (Å²) in [6.07, 6.45) is 1.78. The number of hydrogen-bond acceptors (Lipinski definition) is 6. The summed E-state index contributed by atoms with van der Waals surface area (Å²) in [4.78, 5) is 37.9. The van der Waals surface area contributed by atoms with Gasteiger partial charge >= 0.3 is 0 Å². The number of aliphatic imine (C=N–C) groups is 1. The second-order valence-electron chi connectivity index (χ2n) is 6.85. The van der Waals surface area contributed by atoms with Gasteiger partial charge in [-0.1, -0.05) is 29.8 Å². The Morgan fingerprint density at radius 2 is 1.79 bits per heavy atom. The summed E-state index contributed by atoms with van der Waals surface area (Å²) in [7, 11) is 0. The van der Waals surface area contributed by atoms with Crippen LogP contribution in [0.3, 0.4) is 0 Å². The van der Waals surface area contributed by atoms with Crippen molar-refractivity contribution in [3.8, 4) is 0 Å². The van der Waals surface area contributed by atoms with Crippen LogP contribution < -0.4 is 15.5 Å². The van der Waals surface area contributed by atoms with Gasteiger partial charge in [0.2, 0.25) is 17.8 Å². The standard InChI is InChI=1S/C20H21ClN6O2/c21-14-5-1-2-6-15(14)23-19(29)16-13-18(28)25-20(24-16)27-11-9-26(10-12-27)17-7-3-4-8-22-17/h1-8,16H,9-13H2,(H,23,29)(H,24,25,28). The Bertz CT molecular complexity index is 928. The lowest BCUT2D eigenvalue weighted by molar-refractivity contribution is -0.125. The number of anilines is 2. The van der Waals surface area contributed by atoms with Gasteiger partial charge in [-0.25, -0.2) is 9.98 Å². The summed E-state index contributed by atoms with van der Waals surface area (Å²) in [5.41, 5.74) is 0.505. The molecule has 0 saturated carbocycles. The Morgan fingerprint density at radius 3 is 2.52 bits per heavy atom. The van der Waals surface area contributed by atoms with Crippen LogP contribution in [0, 0.1) is 0 Å². The summed E-state index contributed by atoms with van der Waals surface area (Å²) in [6.45, 7) is 2.86. The molecular formula is C20H21ClN6O2. The highest BCUT2D eigenvalue weighted by atomic mass is 35.5. The lowest BCUT2D eigenvalue weighted by Crippen LogP contribution is -2.56. The molecule has 3 heterocycles. The first kappa shape index (κ1) is 19.2. The van der Waals surface area contributed by atoms with E-state index < -0.39 is 6.04 Å². The molecule has 0 aliphatic carbocycles. The fourth-order valence-electron chi connectivity index (χ4n) is 3.36. The molecule has 4 rings (SSSR count). The van der Waals surface area contributed by atoms with Crippen molar-refractivity contribution >= 4 is 40.9 Å². The third-order valence-electron chi connectivity index (χ3n) is 4.89. The Balaban J connectivity index is 1.42. The summed E-state index contributed by atoms with van der Waals surface area (Å²) in [5.74, 6) is 0.805. The summed E-state index contributed by atoms with van der Waals surface area (Å²) in [6, 6.07) is 12.0. The van der Waals surface area contributed by atoms with E-state index in [4.69, 9.17) is 11.6 Å². The molecule has 1 aromatic heterocycles. The van der Waals surface area contributed by atoms with Gasteiger partial charge in [-0.15, -0.1) is 0 Å². The number of benzene rings is 1. The van der Waals surface area contributed by atoms with Crippen LogP contribution in [-0.4, -0.2) is 59.9 Å². The Morgan fingerprint density at radius 1 is 1.07 bits per heavy atom. The van der Waals surface area contributed by atoms with E-state index in [0.29, 0.717) is 29.8 Å². The number of carbonyl (C=O) groups excluding carboxylic acids is 2. The maximum absolute atomic E-state index is 12.6. The predicted molar refractivity (Wildman–Crippen MR) is 112 cm³/mol. The van der Waals surface area contributed by atoms with E-state index in [1.54, 1.807) is 30.5 Å². The number of pyridine rings is 1. The van der Waals surface area contributed by atoms with Crippen LogP contribution in [0.2, 0.25) is 5.02 Å². The van der Waals surface area contributed by atoms with Crippen LogP contribution in [0.15, 0.2) is 53.7 Å². The summed E-state index contributed by atoms with van der Waals surface area (Å²) < 4.78 is 0. The van der Waals surface area contributed by atoms with E-state index in [0.717, 1.165) is 18.9 Å². The number of halogens is 1. The van der Waals surface area contributed by atoms with Crippen molar-refractivity contribution < 1.29 is 9.59 Å². The van der Waals surface area contributed by atoms with Crippen molar-refractivity contribution in [1.29, 1.82) is 0 Å². The van der Waals surface area contributed by atoms with Gasteiger partial charge in [0, 0.05) is 32.4 Å². The van der Waals surface area contributed by atoms with Crippen LogP contribution >= 0.6 is 11.6 Å². The van der Waals surface area contributed by atoms with Gasteiger partial charge in [-0.05, 0) is 24.3 Å². The topological polar surface area (TPSA) is 89.9 Å². The average molecular weight is 413 g/mol. The zero-order valence-electron chi connectivity index (χ0n) is 15.7. The number of para-hydroxylation sites is 1.